The van der Waals surface area contributed by atoms with Gasteiger partial charge >= 0.3 is 0 Å². The quantitative estimate of drug-likeness (QED) is 0.447. The van der Waals surface area contributed by atoms with Crippen LogP contribution in [-0.4, -0.2) is 42.6 Å². The first-order valence-corrected chi connectivity index (χ1v) is 11.0. The van der Waals surface area contributed by atoms with Gasteiger partial charge in [-0.15, -0.1) is 0 Å². The lowest BCUT2D eigenvalue weighted by molar-refractivity contribution is 0.0686. The van der Waals surface area contributed by atoms with Crippen LogP contribution in [0.4, 0.5) is 0 Å². The van der Waals surface area contributed by atoms with Gasteiger partial charge in [-0.2, -0.15) is 0 Å². The molecule has 1 aromatic heterocycles. The number of ether oxygens (including phenoxy) is 2. The molecular formula is C27H32N2O3. The first-order valence-electron chi connectivity index (χ1n) is 11.0. The molecule has 0 aliphatic carbocycles. The van der Waals surface area contributed by atoms with Crippen LogP contribution in [0.3, 0.4) is 0 Å². The first kappa shape index (κ1) is 23.3. The third-order valence-electron chi connectivity index (χ3n) is 5.66. The molecule has 3 rings (SSSR count). The Balaban J connectivity index is 1.77. The molecule has 1 heterocycles. The molecule has 2 aromatic carbocycles. The van der Waals surface area contributed by atoms with Crippen molar-refractivity contribution in [2.24, 2.45) is 0 Å². The summed E-state index contributed by atoms with van der Waals surface area (Å²) in [5.74, 6) is 1.11. The molecule has 0 radical (unpaired) electrons. The van der Waals surface area contributed by atoms with Crippen LogP contribution in [-0.2, 0) is 12.8 Å². The highest BCUT2D eigenvalue weighted by atomic mass is 16.5. The van der Waals surface area contributed by atoms with Crippen LogP contribution in [0.1, 0.15) is 40.5 Å². The molecule has 1 amide bonds. The fourth-order valence-corrected chi connectivity index (χ4v) is 3.78. The van der Waals surface area contributed by atoms with Crippen molar-refractivity contribution in [3.63, 3.8) is 0 Å². The number of aromatic nitrogens is 1. The lowest BCUT2D eigenvalue weighted by atomic mass is 10.0. The van der Waals surface area contributed by atoms with Crippen LogP contribution >= 0.6 is 0 Å². The maximum Gasteiger partial charge on any atom is 0.256 e. The second-order valence-electron chi connectivity index (χ2n) is 8.01. The number of hydrogen-bond acceptors (Lipinski definition) is 4. The summed E-state index contributed by atoms with van der Waals surface area (Å²) in [4.78, 5) is 20.0. The van der Waals surface area contributed by atoms with Crippen LogP contribution in [0.5, 0.6) is 11.6 Å². The van der Waals surface area contributed by atoms with Crippen molar-refractivity contribution in [3.8, 4) is 11.6 Å². The zero-order valence-corrected chi connectivity index (χ0v) is 19.4. The molecule has 0 spiro atoms. The standard InChI is InChI=1S/C27H32N2O3/c1-20-9-8-12-23(19-20)27(30)29(21(2)13-14-22-10-6-5-7-11-22)18-17-24-15-16-25(31-3)26(28-24)32-4/h5-12,15-16,19,21H,13-14,17-18H2,1-4H3. The third kappa shape index (κ3) is 6.10. The molecule has 1 unspecified atom stereocenters. The van der Waals surface area contributed by atoms with E-state index in [-0.39, 0.29) is 11.9 Å². The Bertz CT molecular complexity index is 1020. The summed E-state index contributed by atoms with van der Waals surface area (Å²) < 4.78 is 10.6. The summed E-state index contributed by atoms with van der Waals surface area (Å²) in [6.07, 6.45) is 2.45. The molecule has 0 bridgehead atoms. The van der Waals surface area contributed by atoms with Crippen molar-refractivity contribution in [2.75, 3.05) is 20.8 Å². The molecule has 3 aromatic rings. The summed E-state index contributed by atoms with van der Waals surface area (Å²) >= 11 is 0. The van der Waals surface area contributed by atoms with Crippen molar-refractivity contribution < 1.29 is 14.3 Å². The Labute approximate surface area is 191 Å². The lowest BCUT2D eigenvalue weighted by Gasteiger charge is -2.30. The zero-order valence-electron chi connectivity index (χ0n) is 19.4. The van der Waals surface area contributed by atoms with Crippen molar-refractivity contribution in [1.29, 1.82) is 0 Å². The number of rotatable bonds is 10. The van der Waals surface area contributed by atoms with E-state index in [0.717, 1.165) is 29.7 Å². The minimum atomic E-state index is 0.0507. The Hall–Kier alpha value is -3.34. The zero-order chi connectivity index (χ0) is 22.9. The number of carbonyl (C=O) groups is 1. The number of amides is 1. The second kappa shape index (κ2) is 11.3. The highest BCUT2D eigenvalue weighted by Crippen LogP contribution is 2.24. The number of carbonyl (C=O) groups excluding carboxylic acids is 1. The van der Waals surface area contributed by atoms with Crippen LogP contribution < -0.4 is 9.47 Å². The van der Waals surface area contributed by atoms with Crippen molar-refractivity contribution in [3.05, 3.63) is 89.1 Å². The van der Waals surface area contributed by atoms with Gasteiger partial charge in [-0.25, -0.2) is 4.98 Å². The molecule has 0 aliphatic heterocycles. The molecule has 0 saturated carbocycles. The van der Waals surface area contributed by atoms with E-state index in [4.69, 9.17) is 9.47 Å². The molecule has 5 heteroatoms. The Morgan fingerprint density at radius 3 is 2.44 bits per heavy atom. The van der Waals surface area contributed by atoms with Gasteiger partial charge in [0.05, 0.1) is 14.2 Å². The summed E-state index contributed by atoms with van der Waals surface area (Å²) in [5, 5.41) is 0. The average Bonchev–Trinajstić information content (AvgIpc) is 2.83. The normalized spacial score (nSPS) is 11.6. The van der Waals surface area contributed by atoms with Gasteiger partial charge in [-0.3, -0.25) is 4.79 Å². The van der Waals surface area contributed by atoms with E-state index in [1.165, 1.54) is 5.56 Å². The van der Waals surface area contributed by atoms with E-state index in [2.05, 4.69) is 36.2 Å². The van der Waals surface area contributed by atoms with Gasteiger partial charge in [0.2, 0.25) is 0 Å². The molecule has 32 heavy (non-hydrogen) atoms. The van der Waals surface area contributed by atoms with E-state index in [1.807, 2.05) is 54.3 Å². The fourth-order valence-electron chi connectivity index (χ4n) is 3.78. The van der Waals surface area contributed by atoms with Crippen molar-refractivity contribution in [2.45, 2.75) is 39.2 Å². The SMILES string of the molecule is COc1ccc(CCN(C(=O)c2cccc(C)c2)C(C)CCc2ccccc2)nc1OC. The molecule has 0 fully saturated rings. The molecule has 1 atom stereocenters. The molecule has 0 N–H and O–H groups in total. The van der Waals surface area contributed by atoms with E-state index >= 15 is 0 Å². The number of pyridine rings is 1. The van der Waals surface area contributed by atoms with Crippen LogP contribution in [0, 0.1) is 6.92 Å². The molecule has 168 valence electrons. The summed E-state index contributed by atoms with van der Waals surface area (Å²) in [6.45, 7) is 4.71. The number of benzene rings is 2. The van der Waals surface area contributed by atoms with E-state index in [0.29, 0.717) is 24.6 Å². The maximum absolute atomic E-state index is 13.5. The third-order valence-corrected chi connectivity index (χ3v) is 5.66. The largest absolute Gasteiger partial charge is 0.491 e. The number of nitrogens with zero attached hydrogens (tertiary/aromatic N) is 2. The topological polar surface area (TPSA) is 51.7 Å². The number of methoxy groups -OCH3 is 2. The van der Waals surface area contributed by atoms with Crippen molar-refractivity contribution >= 4 is 5.91 Å². The van der Waals surface area contributed by atoms with Gasteiger partial charge < -0.3 is 14.4 Å². The van der Waals surface area contributed by atoms with Crippen LogP contribution in [0.15, 0.2) is 66.7 Å². The predicted octanol–water partition coefficient (Wildman–Crippen LogP) is 5.11. The van der Waals surface area contributed by atoms with E-state index < -0.39 is 0 Å². The predicted molar refractivity (Wildman–Crippen MR) is 127 cm³/mol. The number of hydrogen-bond donors (Lipinski definition) is 0. The summed E-state index contributed by atoms with van der Waals surface area (Å²) in [5.41, 5.74) is 3.94. The summed E-state index contributed by atoms with van der Waals surface area (Å²) in [6, 6.07) is 22.0. The van der Waals surface area contributed by atoms with Gasteiger partial charge in [0.1, 0.15) is 0 Å². The minimum absolute atomic E-state index is 0.0507. The van der Waals surface area contributed by atoms with E-state index in [1.54, 1.807) is 14.2 Å². The lowest BCUT2D eigenvalue weighted by Crippen LogP contribution is -2.40. The van der Waals surface area contributed by atoms with Crippen LogP contribution in [0.2, 0.25) is 0 Å². The maximum atomic E-state index is 13.5. The van der Waals surface area contributed by atoms with Gasteiger partial charge in [-0.05, 0) is 56.5 Å². The smallest absolute Gasteiger partial charge is 0.256 e. The van der Waals surface area contributed by atoms with Crippen LogP contribution in [0.25, 0.3) is 0 Å². The van der Waals surface area contributed by atoms with Gasteiger partial charge in [-0.1, -0.05) is 48.0 Å². The summed E-state index contributed by atoms with van der Waals surface area (Å²) in [7, 11) is 3.17. The molecular weight excluding hydrogens is 400 g/mol. The molecule has 5 nitrogen and oxygen atoms in total. The average molecular weight is 433 g/mol. The minimum Gasteiger partial charge on any atom is -0.491 e. The molecule has 0 saturated heterocycles. The number of aryl methyl sites for hydroxylation is 2. The van der Waals surface area contributed by atoms with Crippen molar-refractivity contribution in [1.82, 2.24) is 9.88 Å². The fraction of sp³-hybridized carbons (Fsp3) is 0.333. The monoisotopic (exact) mass is 432 g/mol. The Morgan fingerprint density at radius 2 is 1.75 bits per heavy atom. The van der Waals surface area contributed by atoms with Gasteiger partial charge in [0.25, 0.3) is 11.8 Å². The highest BCUT2D eigenvalue weighted by Gasteiger charge is 2.22. The van der Waals surface area contributed by atoms with Gasteiger partial charge in [0, 0.05) is 30.3 Å². The molecule has 0 aliphatic rings. The first-order chi connectivity index (χ1) is 15.5. The second-order valence-corrected chi connectivity index (χ2v) is 8.01. The van der Waals surface area contributed by atoms with E-state index in [9.17, 15) is 4.79 Å². The van der Waals surface area contributed by atoms with Gasteiger partial charge in [0.15, 0.2) is 5.75 Å². The Kier molecular flexibility index (Phi) is 8.26. The highest BCUT2D eigenvalue weighted by molar-refractivity contribution is 5.94. The Morgan fingerprint density at radius 1 is 0.969 bits per heavy atom.